The monoisotopic (exact) mass is 454 g/mol. The summed E-state index contributed by atoms with van der Waals surface area (Å²) in [5.41, 5.74) is -0.989. The van der Waals surface area contributed by atoms with Crippen molar-refractivity contribution in [3.63, 3.8) is 0 Å². The Labute approximate surface area is 188 Å². The molecule has 8 nitrogen and oxygen atoms in total. The molecule has 0 amide bonds. The molecule has 1 aromatic carbocycles. The molecule has 0 bridgehead atoms. The van der Waals surface area contributed by atoms with E-state index < -0.39 is 22.8 Å². The molecule has 1 aliphatic rings. The fourth-order valence-electron chi connectivity index (χ4n) is 4.61. The van der Waals surface area contributed by atoms with E-state index in [-0.39, 0.29) is 29.1 Å². The Hall–Kier alpha value is -3.05. The number of imidazole rings is 1. The van der Waals surface area contributed by atoms with Gasteiger partial charge in [0, 0.05) is 50.2 Å². The molecule has 0 aliphatic carbocycles. The van der Waals surface area contributed by atoms with Crippen LogP contribution in [-0.2, 0) is 5.60 Å². The van der Waals surface area contributed by atoms with E-state index in [2.05, 4.69) is 15.1 Å². The van der Waals surface area contributed by atoms with E-state index in [0.29, 0.717) is 25.3 Å². The zero-order chi connectivity index (χ0) is 23.3. The van der Waals surface area contributed by atoms with Crippen LogP contribution in [-0.4, -0.2) is 73.1 Å². The van der Waals surface area contributed by atoms with Crippen molar-refractivity contribution in [2.75, 3.05) is 33.3 Å². The molecule has 5 rings (SSSR count). The average Bonchev–Trinajstić information content (AvgIpc) is 3.37. The van der Waals surface area contributed by atoms with Crippen LogP contribution >= 0.6 is 0 Å². The Morgan fingerprint density at radius 2 is 2.00 bits per heavy atom. The third kappa shape index (κ3) is 3.55. The molecule has 2 atom stereocenters. The van der Waals surface area contributed by atoms with Crippen molar-refractivity contribution in [3.8, 4) is 0 Å². The molecule has 0 radical (unpaired) electrons. The first-order valence-electron chi connectivity index (χ1n) is 10.7. The molecule has 2 N–H and O–H groups in total. The van der Waals surface area contributed by atoms with Gasteiger partial charge in [-0.2, -0.15) is 5.10 Å². The van der Waals surface area contributed by atoms with Gasteiger partial charge in [0.05, 0.1) is 35.3 Å². The van der Waals surface area contributed by atoms with E-state index in [1.165, 1.54) is 29.9 Å². The number of aliphatic hydroxyl groups is 2. The Balaban J connectivity index is 1.59. The summed E-state index contributed by atoms with van der Waals surface area (Å²) in [6.07, 6.45) is 2.84. The number of benzene rings is 1. The summed E-state index contributed by atoms with van der Waals surface area (Å²) in [7, 11) is 1.95. The first-order valence-corrected chi connectivity index (χ1v) is 10.7. The normalized spacial score (nSPS) is 19.5. The predicted molar refractivity (Wildman–Crippen MR) is 117 cm³/mol. The summed E-state index contributed by atoms with van der Waals surface area (Å²) in [6.45, 7) is 3.30. The van der Waals surface area contributed by atoms with E-state index in [4.69, 9.17) is 0 Å². The number of aliphatic hydroxyl groups excluding tert-OH is 1. The zero-order valence-electron chi connectivity index (χ0n) is 18.3. The number of likely N-dealkylation sites (N-methyl/N-ethyl adjacent to an activating group) is 1. The molecular weight excluding hydrogens is 430 g/mol. The van der Waals surface area contributed by atoms with Crippen molar-refractivity contribution < 1.29 is 19.0 Å². The highest BCUT2D eigenvalue weighted by atomic mass is 19.1. The smallest absolute Gasteiger partial charge is 0.153 e. The molecule has 0 spiro atoms. The molecule has 1 saturated heterocycles. The summed E-state index contributed by atoms with van der Waals surface area (Å²) >= 11 is 0. The number of β-amino-alcohol motifs (C(OH)–C–C–N with tert-alkyl or cyclic N) is 1. The molecular formula is C23H24F2N6O2. The van der Waals surface area contributed by atoms with Crippen LogP contribution < -0.4 is 0 Å². The molecule has 4 aromatic rings. The Morgan fingerprint density at radius 3 is 2.79 bits per heavy atom. The second-order valence-electron chi connectivity index (χ2n) is 8.53. The van der Waals surface area contributed by atoms with Gasteiger partial charge >= 0.3 is 0 Å². The van der Waals surface area contributed by atoms with Gasteiger partial charge in [-0.25, -0.2) is 28.3 Å². The third-order valence-electron chi connectivity index (χ3n) is 6.34. The van der Waals surface area contributed by atoms with E-state index in [9.17, 15) is 10.2 Å². The van der Waals surface area contributed by atoms with Gasteiger partial charge in [-0.15, -0.1) is 0 Å². The lowest BCUT2D eigenvalue weighted by atomic mass is 9.90. The molecule has 1 fully saturated rings. The summed E-state index contributed by atoms with van der Waals surface area (Å²) < 4.78 is 31.9. The van der Waals surface area contributed by atoms with Crippen LogP contribution in [0.2, 0.25) is 0 Å². The van der Waals surface area contributed by atoms with Gasteiger partial charge in [0.2, 0.25) is 0 Å². The van der Waals surface area contributed by atoms with Gasteiger partial charge in [-0.05, 0) is 31.2 Å². The second-order valence-corrected chi connectivity index (χ2v) is 8.53. The topological polar surface area (TPSA) is 90.0 Å². The number of hydrogen-bond acceptors (Lipinski definition) is 7. The van der Waals surface area contributed by atoms with E-state index in [0.717, 1.165) is 11.8 Å². The van der Waals surface area contributed by atoms with Crippen molar-refractivity contribution >= 4 is 16.6 Å². The van der Waals surface area contributed by atoms with E-state index in [1.54, 1.807) is 12.1 Å². The minimum absolute atomic E-state index is 0.0520. The first-order chi connectivity index (χ1) is 15.8. The fraction of sp³-hybridized carbons (Fsp3) is 0.348. The van der Waals surface area contributed by atoms with E-state index >= 15 is 8.78 Å². The van der Waals surface area contributed by atoms with Gasteiger partial charge in [0.1, 0.15) is 17.2 Å². The molecule has 33 heavy (non-hydrogen) atoms. The minimum Gasteiger partial charge on any atom is -0.395 e. The first kappa shape index (κ1) is 21.8. The van der Waals surface area contributed by atoms with Gasteiger partial charge in [-0.3, -0.25) is 4.98 Å². The maximum Gasteiger partial charge on any atom is 0.153 e. The number of nitrogens with zero attached hydrogens (tertiary/aromatic N) is 6. The standard InChI is InChI=1S/C23H24F2N6O2/c1-23(33,21-16(24)10-18-15(22(21)25)4-3-7-26-18)19-11-27-20-6-5-17(28-31(19)20)14-12-29(2)30(13-14)8-9-32/h3-7,10-11,14,32-33H,8-9,12-13H2,1-2H3. The van der Waals surface area contributed by atoms with Crippen molar-refractivity contribution in [1.29, 1.82) is 0 Å². The van der Waals surface area contributed by atoms with Crippen LogP contribution in [0.25, 0.3) is 16.6 Å². The highest BCUT2D eigenvalue weighted by Gasteiger charge is 2.37. The minimum atomic E-state index is -2.04. The second kappa shape index (κ2) is 8.07. The van der Waals surface area contributed by atoms with Crippen LogP contribution in [0.15, 0.2) is 42.7 Å². The lowest BCUT2D eigenvalue weighted by Crippen LogP contribution is -2.35. The van der Waals surface area contributed by atoms with Crippen LogP contribution in [0.4, 0.5) is 8.78 Å². The van der Waals surface area contributed by atoms with Gasteiger partial charge < -0.3 is 10.2 Å². The van der Waals surface area contributed by atoms with Crippen LogP contribution in [0.5, 0.6) is 0 Å². The molecule has 0 saturated carbocycles. The number of pyridine rings is 1. The molecule has 4 heterocycles. The predicted octanol–water partition coefficient (Wildman–Crippen LogP) is 2.05. The van der Waals surface area contributed by atoms with Crippen molar-refractivity contribution in [1.82, 2.24) is 29.6 Å². The van der Waals surface area contributed by atoms with Crippen LogP contribution in [0.1, 0.15) is 29.8 Å². The maximum absolute atomic E-state index is 15.4. The number of rotatable bonds is 5. The van der Waals surface area contributed by atoms with Crippen molar-refractivity contribution in [3.05, 3.63) is 71.3 Å². The summed E-state index contributed by atoms with van der Waals surface area (Å²) in [5.74, 6) is -1.70. The Morgan fingerprint density at radius 1 is 1.18 bits per heavy atom. The van der Waals surface area contributed by atoms with Crippen LogP contribution in [0.3, 0.4) is 0 Å². The van der Waals surface area contributed by atoms with Crippen molar-refractivity contribution in [2.45, 2.75) is 18.4 Å². The molecule has 1 aliphatic heterocycles. The molecule has 10 heteroatoms. The maximum atomic E-state index is 15.4. The number of halogens is 2. The van der Waals surface area contributed by atoms with Gasteiger partial charge in [0.15, 0.2) is 5.65 Å². The average molecular weight is 454 g/mol. The summed E-state index contributed by atoms with van der Waals surface area (Å²) in [6, 6.07) is 7.81. The largest absolute Gasteiger partial charge is 0.395 e. The lowest BCUT2D eigenvalue weighted by Gasteiger charge is -2.25. The Bertz CT molecular complexity index is 1340. The molecule has 3 aromatic heterocycles. The highest BCUT2D eigenvalue weighted by molar-refractivity contribution is 5.80. The van der Waals surface area contributed by atoms with E-state index in [1.807, 2.05) is 23.1 Å². The number of hydrogen-bond donors (Lipinski definition) is 2. The quantitative estimate of drug-likeness (QED) is 0.477. The number of fused-ring (bicyclic) bond motifs is 2. The number of aromatic nitrogens is 4. The summed E-state index contributed by atoms with van der Waals surface area (Å²) in [4.78, 5) is 8.29. The zero-order valence-corrected chi connectivity index (χ0v) is 18.3. The molecule has 172 valence electrons. The fourth-order valence-corrected chi connectivity index (χ4v) is 4.61. The lowest BCUT2D eigenvalue weighted by molar-refractivity contribution is 0.0383. The highest BCUT2D eigenvalue weighted by Crippen LogP contribution is 2.36. The number of hydrazine groups is 1. The molecule has 2 unspecified atom stereocenters. The van der Waals surface area contributed by atoms with Gasteiger partial charge in [0.25, 0.3) is 0 Å². The third-order valence-corrected chi connectivity index (χ3v) is 6.34. The Kier molecular flexibility index (Phi) is 5.32. The van der Waals surface area contributed by atoms with Gasteiger partial charge in [-0.1, -0.05) is 0 Å². The SMILES string of the molecule is CN1CC(c2ccc3ncc(C(C)(O)c4c(F)cc5ncccc5c4F)n3n2)CN1CCO. The summed E-state index contributed by atoms with van der Waals surface area (Å²) in [5, 5.41) is 29.6. The van der Waals surface area contributed by atoms with Crippen molar-refractivity contribution in [2.24, 2.45) is 0 Å². The van der Waals surface area contributed by atoms with Crippen LogP contribution in [0, 0.1) is 11.6 Å².